The Balaban J connectivity index is 1.23. The Morgan fingerprint density at radius 3 is 2.04 bits per heavy atom. The lowest BCUT2D eigenvalue weighted by molar-refractivity contribution is -0.00281. The molecule has 1 saturated heterocycles. The molecule has 11 nitrogen and oxygen atoms in total. The van der Waals surface area contributed by atoms with Crippen LogP contribution in [0, 0.1) is 17.3 Å². The minimum Gasteiger partial charge on any atom is -0.491 e. The number of halogens is 1. The Bertz CT molecular complexity index is 2080. The molecule has 3 heterocycles. The monoisotopic (exact) mass is 767 g/mol. The number of aromatic nitrogens is 2. The van der Waals surface area contributed by atoms with Crippen molar-refractivity contribution >= 4 is 25.8 Å². The van der Waals surface area contributed by atoms with Crippen molar-refractivity contribution in [2.45, 2.75) is 56.8 Å². The molecule has 1 atom stereocenters. The molecule has 0 spiro atoms. The maximum absolute atomic E-state index is 15.1. The van der Waals surface area contributed by atoms with Crippen molar-refractivity contribution in [2.75, 3.05) is 38.8 Å². The maximum Gasteiger partial charge on any atom is 0.410 e. The largest absolute Gasteiger partial charge is 0.491 e. The number of hydrogen-bond acceptors (Lipinski definition) is 10. The normalized spacial score (nSPS) is 15.2. The van der Waals surface area contributed by atoms with Crippen LogP contribution in [0.5, 0.6) is 11.5 Å². The summed E-state index contributed by atoms with van der Waals surface area (Å²) in [6.07, 6.45) is 5.34. The first-order chi connectivity index (χ1) is 25.0. The second-order valence-electron chi connectivity index (χ2n) is 14.0. The van der Waals surface area contributed by atoms with E-state index in [0.29, 0.717) is 61.5 Å². The van der Waals surface area contributed by atoms with Crippen molar-refractivity contribution in [2.24, 2.45) is 11.3 Å². The number of carbonyl (C=O) groups excluding carboxylic acids is 1. The standard InChI is InChI=1S/C39H46FN3O8S2/c1-27(2)51-38(44)43-21-19-39(20-22-43,26-50-32-12-15-34(41-24-32)30-8-6-29(7-9-30)25-52(4,45)46)28(3)18-23-49-36-17-16-35(42-37(36)40)31-10-13-33(14-11-31)53(5,47)48/h6-17,24,27-28H,18-23,25-26H2,1-5H3. The molecule has 1 fully saturated rings. The highest BCUT2D eigenvalue weighted by atomic mass is 32.2. The summed E-state index contributed by atoms with van der Waals surface area (Å²) in [5.41, 5.74) is 2.88. The molecule has 1 amide bonds. The lowest BCUT2D eigenvalue weighted by Crippen LogP contribution is -2.49. The van der Waals surface area contributed by atoms with Gasteiger partial charge in [-0.2, -0.15) is 4.39 Å². The molecule has 1 aliphatic rings. The van der Waals surface area contributed by atoms with Gasteiger partial charge >= 0.3 is 6.09 Å². The van der Waals surface area contributed by atoms with Gasteiger partial charge < -0.3 is 19.1 Å². The van der Waals surface area contributed by atoms with Crippen molar-refractivity contribution < 1.29 is 40.2 Å². The molecular formula is C39H46FN3O8S2. The highest BCUT2D eigenvalue weighted by Gasteiger charge is 2.41. The van der Waals surface area contributed by atoms with Gasteiger partial charge in [0.1, 0.15) is 5.75 Å². The molecule has 0 saturated carbocycles. The second-order valence-corrected chi connectivity index (χ2v) is 18.2. The summed E-state index contributed by atoms with van der Waals surface area (Å²) < 4.78 is 79.6. The van der Waals surface area contributed by atoms with Gasteiger partial charge in [0, 0.05) is 42.1 Å². The zero-order valence-electron chi connectivity index (χ0n) is 30.6. The van der Waals surface area contributed by atoms with Gasteiger partial charge in [-0.3, -0.25) is 4.98 Å². The van der Waals surface area contributed by atoms with Gasteiger partial charge in [-0.05, 0) is 81.0 Å². The average Bonchev–Trinajstić information content (AvgIpc) is 3.11. The van der Waals surface area contributed by atoms with Gasteiger partial charge in [-0.25, -0.2) is 26.6 Å². The molecule has 0 aliphatic carbocycles. The summed E-state index contributed by atoms with van der Waals surface area (Å²) in [4.78, 5) is 23.2. The Hall–Kier alpha value is -4.56. The third-order valence-electron chi connectivity index (χ3n) is 9.54. The fourth-order valence-electron chi connectivity index (χ4n) is 6.34. The summed E-state index contributed by atoms with van der Waals surface area (Å²) in [5.74, 6) is -0.122. The van der Waals surface area contributed by atoms with Crippen LogP contribution in [0.1, 0.15) is 45.6 Å². The number of likely N-dealkylation sites (tertiary alicyclic amines) is 1. The van der Waals surface area contributed by atoms with Crippen LogP contribution in [0.4, 0.5) is 9.18 Å². The smallest absolute Gasteiger partial charge is 0.410 e. The molecule has 5 rings (SSSR count). The van der Waals surface area contributed by atoms with E-state index in [1.807, 2.05) is 38.1 Å². The molecule has 1 aliphatic heterocycles. The molecule has 2 aromatic heterocycles. The zero-order chi connectivity index (χ0) is 38.4. The van der Waals surface area contributed by atoms with Gasteiger partial charge in [0.15, 0.2) is 25.4 Å². The van der Waals surface area contributed by atoms with Crippen LogP contribution in [0.2, 0.25) is 0 Å². The molecule has 0 radical (unpaired) electrons. The van der Waals surface area contributed by atoms with E-state index in [0.717, 1.165) is 17.5 Å². The van der Waals surface area contributed by atoms with Gasteiger partial charge in [0.2, 0.25) is 0 Å². The zero-order valence-corrected chi connectivity index (χ0v) is 32.3. The molecule has 284 valence electrons. The van der Waals surface area contributed by atoms with Crippen LogP contribution in [0.15, 0.2) is 83.9 Å². The number of sulfone groups is 2. The molecule has 0 bridgehead atoms. The third-order valence-corrected chi connectivity index (χ3v) is 11.5. The van der Waals surface area contributed by atoms with E-state index in [1.165, 1.54) is 24.5 Å². The van der Waals surface area contributed by atoms with Gasteiger partial charge in [-0.1, -0.05) is 43.3 Å². The van der Waals surface area contributed by atoms with Crippen molar-refractivity contribution in [1.82, 2.24) is 14.9 Å². The van der Waals surface area contributed by atoms with Crippen LogP contribution in [-0.2, 0) is 30.2 Å². The quantitative estimate of drug-likeness (QED) is 0.123. The molecule has 14 heteroatoms. The third kappa shape index (κ3) is 10.8. The number of rotatable bonds is 14. The summed E-state index contributed by atoms with van der Waals surface area (Å²) in [7, 11) is -6.48. The maximum atomic E-state index is 15.1. The van der Waals surface area contributed by atoms with E-state index in [1.54, 1.807) is 41.4 Å². The Kier molecular flexibility index (Phi) is 12.4. The lowest BCUT2D eigenvalue weighted by Gasteiger charge is -2.45. The molecule has 2 aromatic carbocycles. The highest BCUT2D eigenvalue weighted by molar-refractivity contribution is 7.90. The summed E-state index contributed by atoms with van der Waals surface area (Å²) in [6, 6.07) is 20.2. The van der Waals surface area contributed by atoms with Crippen molar-refractivity contribution in [3.05, 3.63) is 90.5 Å². The Labute approximate surface area is 311 Å². The molecular weight excluding hydrogens is 722 g/mol. The first-order valence-electron chi connectivity index (χ1n) is 17.4. The molecule has 53 heavy (non-hydrogen) atoms. The molecule has 4 aromatic rings. The SMILES string of the molecule is CC(C)OC(=O)N1CCC(COc2ccc(-c3ccc(CS(C)(=O)=O)cc3)nc2)(C(C)CCOc2ccc(-c3ccc(S(C)(=O)=O)cc3)nc2F)CC1. The Morgan fingerprint density at radius 2 is 1.47 bits per heavy atom. The summed E-state index contributed by atoms with van der Waals surface area (Å²) in [6.45, 7) is 7.34. The van der Waals surface area contributed by atoms with Crippen LogP contribution in [-0.4, -0.2) is 82.7 Å². The van der Waals surface area contributed by atoms with Crippen LogP contribution < -0.4 is 9.47 Å². The van der Waals surface area contributed by atoms with E-state index < -0.39 is 25.6 Å². The number of pyridine rings is 2. The fraction of sp³-hybridized carbons (Fsp3) is 0.410. The summed E-state index contributed by atoms with van der Waals surface area (Å²) >= 11 is 0. The van der Waals surface area contributed by atoms with E-state index in [-0.39, 0.29) is 46.5 Å². The van der Waals surface area contributed by atoms with Crippen molar-refractivity contribution in [1.29, 1.82) is 0 Å². The topological polar surface area (TPSA) is 142 Å². The average molecular weight is 768 g/mol. The molecule has 0 N–H and O–H groups in total. The predicted molar refractivity (Wildman–Crippen MR) is 201 cm³/mol. The van der Waals surface area contributed by atoms with Crippen molar-refractivity contribution in [3.8, 4) is 34.0 Å². The number of piperidine rings is 1. The minimum absolute atomic E-state index is 0.0152. The number of ether oxygens (including phenoxy) is 3. The number of amides is 1. The molecule has 1 unspecified atom stereocenters. The summed E-state index contributed by atoms with van der Waals surface area (Å²) in [5, 5.41) is 0. The predicted octanol–water partition coefficient (Wildman–Crippen LogP) is 7.01. The lowest BCUT2D eigenvalue weighted by atomic mass is 9.69. The van der Waals surface area contributed by atoms with Gasteiger partial charge in [-0.15, -0.1) is 0 Å². The number of hydrogen-bond donors (Lipinski definition) is 0. The van der Waals surface area contributed by atoms with Gasteiger partial charge in [0.25, 0.3) is 5.95 Å². The first-order valence-corrected chi connectivity index (χ1v) is 21.4. The first kappa shape index (κ1) is 39.6. The highest BCUT2D eigenvalue weighted by Crippen LogP contribution is 2.41. The van der Waals surface area contributed by atoms with Crippen LogP contribution in [0.3, 0.4) is 0 Å². The second kappa shape index (κ2) is 16.6. The number of nitrogens with zero attached hydrogens (tertiary/aromatic N) is 3. The minimum atomic E-state index is -3.35. The van der Waals surface area contributed by atoms with Crippen LogP contribution >= 0.6 is 0 Å². The number of benzene rings is 2. The van der Waals surface area contributed by atoms with E-state index in [4.69, 9.17) is 14.2 Å². The van der Waals surface area contributed by atoms with E-state index >= 15 is 4.39 Å². The van der Waals surface area contributed by atoms with Gasteiger partial charge in [0.05, 0.1) is 47.6 Å². The van der Waals surface area contributed by atoms with E-state index in [2.05, 4.69) is 16.9 Å². The van der Waals surface area contributed by atoms with Crippen LogP contribution in [0.25, 0.3) is 22.5 Å². The number of carbonyl (C=O) groups is 1. The van der Waals surface area contributed by atoms with E-state index in [9.17, 15) is 21.6 Å². The van der Waals surface area contributed by atoms with Crippen molar-refractivity contribution in [3.63, 3.8) is 0 Å². The fourth-order valence-corrected chi connectivity index (χ4v) is 7.77. The Morgan fingerprint density at radius 1 is 0.849 bits per heavy atom.